The van der Waals surface area contributed by atoms with Crippen LogP contribution >= 0.6 is 0 Å². The van der Waals surface area contributed by atoms with Crippen LogP contribution in [-0.2, 0) is 11.3 Å². The van der Waals surface area contributed by atoms with E-state index in [9.17, 15) is 5.11 Å². The van der Waals surface area contributed by atoms with Gasteiger partial charge in [-0.1, -0.05) is 12.1 Å². The molecular formula is C18H27N3O3. The minimum Gasteiger partial charge on any atom is -0.394 e. The largest absolute Gasteiger partial charge is 0.394 e. The zero-order valence-corrected chi connectivity index (χ0v) is 14.1. The van der Waals surface area contributed by atoms with Gasteiger partial charge in [0.2, 0.25) is 0 Å². The molecule has 2 rings (SSSR count). The summed E-state index contributed by atoms with van der Waals surface area (Å²) in [6.07, 6.45) is 0.558. The van der Waals surface area contributed by atoms with Crippen LogP contribution in [0.25, 0.3) is 0 Å². The van der Waals surface area contributed by atoms with Gasteiger partial charge < -0.3 is 14.9 Å². The standard InChI is InChI=1S/C18H27N3O3/c19-12-16-2-4-17(5-3-16)13-20-6-1-7-21(9-8-20)14-18(23)15-24-11-10-22/h2-5,18,22-23H,1,6-11,13-15H2/t18-/m0/s1. The third kappa shape index (κ3) is 6.56. The Morgan fingerprint density at radius 2 is 1.83 bits per heavy atom. The number of β-amino-alcohol motifs (C(OH)–C–C–N with tert-alkyl or cyclic N) is 1. The molecule has 6 heteroatoms. The minimum absolute atomic E-state index is 0.0132. The number of nitriles is 1. The average molecular weight is 333 g/mol. The number of rotatable bonds is 8. The number of ether oxygens (including phenoxy) is 1. The highest BCUT2D eigenvalue weighted by Crippen LogP contribution is 2.10. The van der Waals surface area contributed by atoms with E-state index in [4.69, 9.17) is 15.1 Å². The first kappa shape index (κ1) is 18.8. The Labute approximate surface area is 143 Å². The summed E-state index contributed by atoms with van der Waals surface area (Å²) in [7, 11) is 0. The fourth-order valence-corrected chi connectivity index (χ4v) is 2.94. The molecule has 0 radical (unpaired) electrons. The lowest BCUT2D eigenvalue weighted by atomic mass is 10.1. The Balaban J connectivity index is 1.74. The summed E-state index contributed by atoms with van der Waals surface area (Å²) >= 11 is 0. The lowest BCUT2D eigenvalue weighted by molar-refractivity contribution is 0.00588. The molecule has 0 spiro atoms. The summed E-state index contributed by atoms with van der Waals surface area (Å²) in [6, 6.07) is 9.90. The first-order valence-electron chi connectivity index (χ1n) is 8.51. The normalized spacial score (nSPS) is 18.0. The Morgan fingerprint density at radius 1 is 1.12 bits per heavy atom. The van der Waals surface area contributed by atoms with Crippen LogP contribution in [0.3, 0.4) is 0 Å². The highest BCUT2D eigenvalue weighted by Gasteiger charge is 2.17. The summed E-state index contributed by atoms with van der Waals surface area (Å²) in [5.74, 6) is 0. The van der Waals surface area contributed by atoms with Crippen molar-refractivity contribution in [1.29, 1.82) is 5.26 Å². The molecule has 0 saturated carbocycles. The van der Waals surface area contributed by atoms with Gasteiger partial charge in [-0.25, -0.2) is 0 Å². The van der Waals surface area contributed by atoms with Crippen LogP contribution < -0.4 is 0 Å². The van der Waals surface area contributed by atoms with Gasteiger partial charge in [0.1, 0.15) is 0 Å². The van der Waals surface area contributed by atoms with Crippen molar-refractivity contribution in [3.05, 3.63) is 35.4 Å². The van der Waals surface area contributed by atoms with Gasteiger partial charge >= 0.3 is 0 Å². The molecular weight excluding hydrogens is 306 g/mol. The molecule has 1 aliphatic rings. The topological polar surface area (TPSA) is 80.0 Å². The Hall–Kier alpha value is -1.49. The van der Waals surface area contributed by atoms with Crippen molar-refractivity contribution in [2.75, 3.05) is 52.5 Å². The number of aliphatic hydroxyl groups is 2. The van der Waals surface area contributed by atoms with Crippen LogP contribution in [0.15, 0.2) is 24.3 Å². The van der Waals surface area contributed by atoms with Gasteiger partial charge in [0, 0.05) is 26.2 Å². The summed E-state index contributed by atoms with van der Waals surface area (Å²) in [4.78, 5) is 4.68. The first-order valence-corrected chi connectivity index (χ1v) is 8.51. The Bertz CT molecular complexity index is 515. The number of nitrogens with zero attached hydrogens (tertiary/aromatic N) is 3. The molecule has 1 aliphatic heterocycles. The van der Waals surface area contributed by atoms with E-state index in [1.165, 1.54) is 5.56 Å². The molecule has 132 valence electrons. The van der Waals surface area contributed by atoms with Gasteiger partial charge in [-0.2, -0.15) is 5.26 Å². The van der Waals surface area contributed by atoms with E-state index < -0.39 is 6.10 Å². The third-order valence-electron chi connectivity index (χ3n) is 4.19. The van der Waals surface area contributed by atoms with E-state index in [1.807, 2.05) is 24.3 Å². The minimum atomic E-state index is -0.512. The second kappa shape index (κ2) is 10.4. The highest BCUT2D eigenvalue weighted by atomic mass is 16.5. The quantitative estimate of drug-likeness (QED) is 0.672. The van der Waals surface area contributed by atoms with Crippen molar-refractivity contribution < 1.29 is 14.9 Å². The Morgan fingerprint density at radius 3 is 2.54 bits per heavy atom. The predicted octanol–water partition coefficient (Wildman–Crippen LogP) is 0.436. The van der Waals surface area contributed by atoms with Crippen molar-refractivity contribution in [2.24, 2.45) is 0 Å². The van der Waals surface area contributed by atoms with Crippen LogP contribution in [-0.4, -0.2) is 78.7 Å². The molecule has 24 heavy (non-hydrogen) atoms. The molecule has 1 atom stereocenters. The van der Waals surface area contributed by atoms with Crippen LogP contribution in [0, 0.1) is 11.3 Å². The molecule has 0 aliphatic carbocycles. The van der Waals surface area contributed by atoms with E-state index in [-0.39, 0.29) is 19.8 Å². The van der Waals surface area contributed by atoms with Crippen LogP contribution in [0.1, 0.15) is 17.5 Å². The maximum absolute atomic E-state index is 9.98. The fourth-order valence-electron chi connectivity index (χ4n) is 2.94. The molecule has 1 aromatic rings. The molecule has 0 amide bonds. The van der Waals surface area contributed by atoms with Crippen molar-refractivity contribution in [3.63, 3.8) is 0 Å². The summed E-state index contributed by atoms with van der Waals surface area (Å²) in [6.45, 7) is 5.92. The molecule has 2 N–H and O–H groups in total. The van der Waals surface area contributed by atoms with Crippen molar-refractivity contribution in [1.82, 2.24) is 9.80 Å². The number of hydrogen-bond donors (Lipinski definition) is 2. The SMILES string of the molecule is N#Cc1ccc(CN2CCCN(C[C@H](O)COCCO)CC2)cc1. The van der Waals surface area contributed by atoms with Crippen molar-refractivity contribution in [2.45, 2.75) is 19.1 Å². The smallest absolute Gasteiger partial charge is 0.0991 e. The second-order valence-corrected chi connectivity index (χ2v) is 6.19. The van der Waals surface area contributed by atoms with Crippen LogP contribution in [0.2, 0.25) is 0 Å². The van der Waals surface area contributed by atoms with E-state index >= 15 is 0 Å². The molecule has 6 nitrogen and oxygen atoms in total. The molecule has 0 bridgehead atoms. The Kier molecular flexibility index (Phi) is 8.16. The zero-order valence-electron chi connectivity index (χ0n) is 14.1. The average Bonchev–Trinajstić information content (AvgIpc) is 2.81. The molecule has 0 aromatic heterocycles. The maximum Gasteiger partial charge on any atom is 0.0991 e. The van der Waals surface area contributed by atoms with Gasteiger partial charge in [-0.3, -0.25) is 9.80 Å². The van der Waals surface area contributed by atoms with Crippen LogP contribution in [0.5, 0.6) is 0 Å². The summed E-state index contributed by atoms with van der Waals surface area (Å²) < 4.78 is 5.18. The molecule has 1 fully saturated rings. The van der Waals surface area contributed by atoms with Gasteiger partial charge in [0.25, 0.3) is 0 Å². The van der Waals surface area contributed by atoms with E-state index in [0.29, 0.717) is 12.1 Å². The van der Waals surface area contributed by atoms with E-state index in [1.54, 1.807) is 0 Å². The van der Waals surface area contributed by atoms with E-state index in [0.717, 1.165) is 39.1 Å². The third-order valence-corrected chi connectivity index (χ3v) is 4.19. The highest BCUT2D eigenvalue weighted by molar-refractivity contribution is 5.31. The zero-order chi connectivity index (χ0) is 17.2. The van der Waals surface area contributed by atoms with Crippen LogP contribution in [0.4, 0.5) is 0 Å². The number of benzene rings is 1. The number of hydrogen-bond acceptors (Lipinski definition) is 6. The summed E-state index contributed by atoms with van der Waals surface area (Å²) in [5, 5.41) is 27.5. The van der Waals surface area contributed by atoms with Gasteiger partial charge in [0.05, 0.1) is 37.6 Å². The van der Waals surface area contributed by atoms with E-state index in [2.05, 4.69) is 15.9 Å². The van der Waals surface area contributed by atoms with Gasteiger partial charge in [0.15, 0.2) is 0 Å². The number of aliphatic hydroxyl groups excluding tert-OH is 2. The van der Waals surface area contributed by atoms with Gasteiger partial charge in [-0.05, 0) is 37.2 Å². The maximum atomic E-state index is 9.98. The van der Waals surface area contributed by atoms with Gasteiger partial charge in [-0.15, -0.1) is 0 Å². The lowest BCUT2D eigenvalue weighted by Crippen LogP contribution is -2.37. The molecule has 1 heterocycles. The summed E-state index contributed by atoms with van der Waals surface area (Å²) in [5.41, 5.74) is 1.91. The van der Waals surface area contributed by atoms with Crippen molar-refractivity contribution in [3.8, 4) is 6.07 Å². The monoisotopic (exact) mass is 333 g/mol. The lowest BCUT2D eigenvalue weighted by Gasteiger charge is -2.24. The molecule has 1 saturated heterocycles. The predicted molar refractivity (Wildman–Crippen MR) is 91.4 cm³/mol. The first-order chi connectivity index (χ1) is 11.7. The molecule has 1 aromatic carbocycles. The molecule has 0 unspecified atom stereocenters. The second-order valence-electron chi connectivity index (χ2n) is 6.19. The fraction of sp³-hybridized carbons (Fsp3) is 0.611. The van der Waals surface area contributed by atoms with Crippen molar-refractivity contribution >= 4 is 0 Å².